The SMILES string of the molecule is O=[N+]([O-])c1ccc(S(=O)(=O)c2ccccc2)[se]1. The molecule has 0 spiro atoms. The molecule has 0 aliphatic heterocycles. The molecule has 7 heteroatoms. The Hall–Kier alpha value is -1.43. The summed E-state index contributed by atoms with van der Waals surface area (Å²) in [5.41, 5.74) is 0. The number of sulfone groups is 1. The number of hydrogen-bond acceptors (Lipinski definition) is 4. The summed E-state index contributed by atoms with van der Waals surface area (Å²) in [6, 6.07) is 10.5. The quantitative estimate of drug-likeness (QED) is 0.488. The van der Waals surface area contributed by atoms with Crippen LogP contribution in [0.15, 0.2) is 51.1 Å². The Bertz CT molecular complexity index is 648. The Kier molecular flexibility index (Phi) is 3.15. The molecular weight excluding hydrogens is 309 g/mol. The van der Waals surface area contributed by atoms with Gasteiger partial charge >= 0.3 is 103 Å². The van der Waals surface area contributed by atoms with Crippen molar-refractivity contribution in [2.24, 2.45) is 0 Å². The zero-order valence-corrected chi connectivity index (χ0v) is 11.0. The minimum atomic E-state index is -3.57. The van der Waals surface area contributed by atoms with E-state index in [0.29, 0.717) is 0 Å². The van der Waals surface area contributed by atoms with E-state index in [1.54, 1.807) is 18.2 Å². The van der Waals surface area contributed by atoms with Crippen LogP contribution in [-0.4, -0.2) is 27.8 Å². The predicted octanol–water partition coefficient (Wildman–Crippen LogP) is 1.48. The molecule has 0 radical (unpaired) electrons. The first kappa shape index (κ1) is 12.0. The molecule has 2 rings (SSSR count). The van der Waals surface area contributed by atoms with Gasteiger partial charge in [-0.2, -0.15) is 0 Å². The summed E-state index contributed by atoms with van der Waals surface area (Å²) >= 11 is -0.752. The van der Waals surface area contributed by atoms with Crippen molar-refractivity contribution in [1.82, 2.24) is 0 Å². The van der Waals surface area contributed by atoms with Crippen LogP contribution < -0.4 is 0 Å². The Balaban J connectivity index is 2.49. The van der Waals surface area contributed by atoms with Crippen LogP contribution in [0.25, 0.3) is 0 Å². The maximum atomic E-state index is 12.1. The second kappa shape index (κ2) is 4.44. The van der Waals surface area contributed by atoms with Crippen LogP contribution in [0.2, 0.25) is 0 Å². The fraction of sp³-hybridized carbons (Fsp3) is 0. The fourth-order valence-corrected chi connectivity index (χ4v) is 5.27. The first-order valence-corrected chi connectivity index (χ1v) is 7.76. The Morgan fingerprint density at radius 3 is 2.24 bits per heavy atom. The van der Waals surface area contributed by atoms with E-state index in [2.05, 4.69) is 0 Å². The maximum absolute atomic E-state index is 12.1. The Labute approximate surface area is 104 Å². The van der Waals surface area contributed by atoms with Gasteiger partial charge in [-0.1, -0.05) is 0 Å². The van der Waals surface area contributed by atoms with Gasteiger partial charge in [-0.3, -0.25) is 0 Å². The van der Waals surface area contributed by atoms with Crippen LogP contribution in [-0.2, 0) is 9.84 Å². The van der Waals surface area contributed by atoms with Crippen molar-refractivity contribution in [3.05, 3.63) is 52.6 Å². The van der Waals surface area contributed by atoms with E-state index in [1.165, 1.54) is 24.3 Å². The van der Waals surface area contributed by atoms with Gasteiger partial charge in [0.2, 0.25) is 0 Å². The molecule has 0 unspecified atom stereocenters. The Morgan fingerprint density at radius 2 is 1.71 bits per heavy atom. The molecule has 1 aromatic carbocycles. The molecular formula is C10H7NO4SSe. The van der Waals surface area contributed by atoms with Gasteiger partial charge in [0, 0.05) is 0 Å². The van der Waals surface area contributed by atoms with Crippen molar-refractivity contribution in [2.75, 3.05) is 0 Å². The van der Waals surface area contributed by atoms with E-state index in [4.69, 9.17) is 0 Å². The molecule has 0 aliphatic rings. The second-order valence-electron chi connectivity index (χ2n) is 3.17. The number of nitrogens with zero attached hydrogens (tertiary/aromatic N) is 1. The summed E-state index contributed by atoms with van der Waals surface area (Å²) in [5, 5.41) is 10.5. The van der Waals surface area contributed by atoms with Crippen molar-refractivity contribution >= 4 is 28.9 Å². The van der Waals surface area contributed by atoms with Gasteiger partial charge in [0.05, 0.1) is 0 Å². The predicted molar refractivity (Wildman–Crippen MR) is 61.9 cm³/mol. The summed E-state index contributed by atoms with van der Waals surface area (Å²) < 4.78 is 24.3. The zero-order valence-electron chi connectivity index (χ0n) is 8.44. The van der Waals surface area contributed by atoms with Crippen molar-refractivity contribution < 1.29 is 13.3 Å². The number of hydrogen-bond donors (Lipinski definition) is 0. The summed E-state index contributed by atoms with van der Waals surface area (Å²) in [4.78, 5) is 10.2. The van der Waals surface area contributed by atoms with E-state index in [1.807, 2.05) is 0 Å². The number of benzene rings is 1. The summed E-state index contributed by atoms with van der Waals surface area (Å²) in [7, 11) is -3.57. The van der Waals surface area contributed by atoms with Gasteiger partial charge in [0.25, 0.3) is 0 Å². The molecule has 0 saturated heterocycles. The van der Waals surface area contributed by atoms with E-state index < -0.39 is 29.3 Å². The molecule has 0 aliphatic carbocycles. The minimum absolute atomic E-state index is 0.0352. The third kappa shape index (κ3) is 2.31. The van der Waals surface area contributed by atoms with Crippen LogP contribution in [0.1, 0.15) is 0 Å². The van der Waals surface area contributed by atoms with Crippen LogP contribution in [0.3, 0.4) is 0 Å². The van der Waals surface area contributed by atoms with Gasteiger partial charge in [-0.25, -0.2) is 0 Å². The Morgan fingerprint density at radius 1 is 1.06 bits per heavy atom. The number of nitro groups is 1. The summed E-state index contributed by atoms with van der Waals surface area (Å²) in [6.07, 6.45) is 0. The van der Waals surface area contributed by atoms with E-state index in [-0.39, 0.29) is 13.2 Å². The molecule has 0 bridgehead atoms. The zero-order chi connectivity index (χ0) is 12.5. The van der Waals surface area contributed by atoms with Crippen molar-refractivity contribution in [2.45, 2.75) is 8.66 Å². The fourth-order valence-electron chi connectivity index (χ4n) is 1.27. The normalized spacial score (nSPS) is 11.3. The van der Waals surface area contributed by atoms with E-state index in [0.717, 1.165) is 0 Å². The van der Waals surface area contributed by atoms with Crippen LogP contribution in [0, 0.1) is 10.1 Å². The molecule has 0 N–H and O–H groups in total. The molecule has 0 saturated carbocycles. The van der Waals surface area contributed by atoms with Crippen molar-refractivity contribution in [3.63, 3.8) is 0 Å². The average Bonchev–Trinajstić information content (AvgIpc) is 2.80. The van der Waals surface area contributed by atoms with Gasteiger partial charge in [0.15, 0.2) is 0 Å². The molecule has 88 valence electrons. The topological polar surface area (TPSA) is 77.3 Å². The molecule has 2 aromatic rings. The first-order chi connectivity index (χ1) is 8.01. The third-order valence-corrected chi connectivity index (χ3v) is 7.18. The molecule has 1 heterocycles. The van der Waals surface area contributed by atoms with Gasteiger partial charge in [-0.05, 0) is 0 Å². The van der Waals surface area contributed by atoms with Crippen molar-refractivity contribution in [1.29, 1.82) is 0 Å². The second-order valence-corrected chi connectivity index (χ2v) is 7.90. The molecule has 17 heavy (non-hydrogen) atoms. The van der Waals surface area contributed by atoms with Crippen LogP contribution >= 0.6 is 0 Å². The van der Waals surface area contributed by atoms with E-state index in [9.17, 15) is 18.5 Å². The van der Waals surface area contributed by atoms with Crippen LogP contribution in [0.4, 0.5) is 4.56 Å². The molecule has 0 fully saturated rings. The standard InChI is InChI=1S/C10H7NO4SSe/c12-11(13)9-6-7-10(17-9)16(14,15)8-4-2-1-3-5-8/h1-7H. The van der Waals surface area contributed by atoms with Gasteiger partial charge < -0.3 is 0 Å². The summed E-state index contributed by atoms with van der Waals surface area (Å²) in [5.74, 6) is 0. The molecule has 0 amide bonds. The average molecular weight is 316 g/mol. The molecule has 0 atom stereocenters. The number of rotatable bonds is 3. The molecule has 1 aromatic heterocycles. The first-order valence-electron chi connectivity index (χ1n) is 4.56. The summed E-state index contributed by atoms with van der Waals surface area (Å²) in [6.45, 7) is 0. The monoisotopic (exact) mass is 317 g/mol. The molecule has 5 nitrogen and oxygen atoms in total. The van der Waals surface area contributed by atoms with Crippen LogP contribution in [0.5, 0.6) is 0 Å². The third-order valence-electron chi connectivity index (χ3n) is 2.07. The van der Waals surface area contributed by atoms with Gasteiger partial charge in [-0.15, -0.1) is 0 Å². The van der Waals surface area contributed by atoms with Gasteiger partial charge in [0.1, 0.15) is 0 Å². The van der Waals surface area contributed by atoms with Crippen molar-refractivity contribution in [3.8, 4) is 0 Å². The van der Waals surface area contributed by atoms with E-state index >= 15 is 0 Å².